The number of rotatable bonds is 4. The summed E-state index contributed by atoms with van der Waals surface area (Å²) in [6.45, 7) is 3.62. The van der Waals surface area contributed by atoms with Crippen molar-refractivity contribution in [3.63, 3.8) is 0 Å². The second-order valence-electron chi connectivity index (χ2n) is 6.01. The van der Waals surface area contributed by atoms with E-state index >= 15 is 0 Å². The van der Waals surface area contributed by atoms with Crippen LogP contribution in [0.3, 0.4) is 0 Å². The number of para-hydroxylation sites is 1. The topological polar surface area (TPSA) is 60.7 Å². The van der Waals surface area contributed by atoms with Crippen LogP contribution in [0.2, 0.25) is 0 Å². The number of nitrogens with one attached hydrogen (secondary N) is 1. The van der Waals surface area contributed by atoms with E-state index < -0.39 is 0 Å². The Hall–Kier alpha value is -1.85. The van der Waals surface area contributed by atoms with E-state index in [2.05, 4.69) is 5.32 Å². The molecule has 0 saturated carbocycles. The van der Waals surface area contributed by atoms with Gasteiger partial charge < -0.3 is 19.2 Å². The number of hydrogen-bond acceptors (Lipinski definition) is 4. The van der Waals surface area contributed by atoms with Crippen LogP contribution in [-0.2, 0) is 16.1 Å². The fourth-order valence-corrected chi connectivity index (χ4v) is 2.93. The Morgan fingerprint density at radius 1 is 1.41 bits per heavy atom. The van der Waals surface area contributed by atoms with Gasteiger partial charge in [0.15, 0.2) is 5.76 Å². The number of ether oxygens (including phenoxy) is 2. The molecule has 1 N–H and O–H groups in total. The van der Waals surface area contributed by atoms with Gasteiger partial charge in [0.2, 0.25) is 0 Å². The van der Waals surface area contributed by atoms with Gasteiger partial charge in [0.05, 0.1) is 18.8 Å². The van der Waals surface area contributed by atoms with Crippen molar-refractivity contribution in [2.45, 2.75) is 31.9 Å². The standard InChI is InChI=1S/C17H21NO4/c1-17(8-5-9-21-11-17)18-16(19)15-13(10-20-2)12-6-3-4-7-14(12)22-15/h3-4,6-7H,5,8-11H2,1-2H3,(H,18,19). The summed E-state index contributed by atoms with van der Waals surface area (Å²) in [6.07, 6.45) is 1.85. The molecule has 0 aliphatic carbocycles. The molecule has 2 heterocycles. The van der Waals surface area contributed by atoms with Crippen LogP contribution in [0.25, 0.3) is 11.0 Å². The summed E-state index contributed by atoms with van der Waals surface area (Å²) in [4.78, 5) is 12.7. The highest BCUT2D eigenvalue weighted by atomic mass is 16.5. The minimum absolute atomic E-state index is 0.212. The molecule has 0 radical (unpaired) electrons. The van der Waals surface area contributed by atoms with Gasteiger partial charge in [-0.1, -0.05) is 18.2 Å². The number of methoxy groups -OCH3 is 1. The zero-order valence-corrected chi connectivity index (χ0v) is 13.0. The highest BCUT2D eigenvalue weighted by molar-refractivity contribution is 5.99. The summed E-state index contributed by atoms with van der Waals surface area (Å²) in [5.74, 6) is 0.117. The van der Waals surface area contributed by atoms with E-state index in [1.807, 2.05) is 31.2 Å². The summed E-state index contributed by atoms with van der Waals surface area (Å²) < 4.78 is 16.5. The molecule has 5 heteroatoms. The zero-order valence-electron chi connectivity index (χ0n) is 13.0. The Morgan fingerprint density at radius 2 is 2.23 bits per heavy atom. The van der Waals surface area contributed by atoms with Gasteiger partial charge in [-0.25, -0.2) is 0 Å². The molecular weight excluding hydrogens is 282 g/mol. The Morgan fingerprint density at radius 3 is 2.95 bits per heavy atom. The van der Waals surface area contributed by atoms with Gasteiger partial charge in [0, 0.05) is 24.7 Å². The van der Waals surface area contributed by atoms with Gasteiger partial charge in [-0.3, -0.25) is 4.79 Å². The first kappa shape index (κ1) is 15.1. The van der Waals surface area contributed by atoms with E-state index in [-0.39, 0.29) is 11.4 Å². The van der Waals surface area contributed by atoms with Gasteiger partial charge in [-0.2, -0.15) is 0 Å². The summed E-state index contributed by atoms with van der Waals surface area (Å²) in [6, 6.07) is 7.61. The van der Waals surface area contributed by atoms with Crippen LogP contribution in [0.4, 0.5) is 0 Å². The minimum Gasteiger partial charge on any atom is -0.451 e. The lowest BCUT2D eigenvalue weighted by atomic mass is 9.94. The van der Waals surface area contributed by atoms with Crippen LogP contribution in [-0.4, -0.2) is 31.8 Å². The van der Waals surface area contributed by atoms with Crippen molar-refractivity contribution in [3.05, 3.63) is 35.6 Å². The zero-order chi connectivity index (χ0) is 15.6. The van der Waals surface area contributed by atoms with Crippen molar-refractivity contribution in [2.24, 2.45) is 0 Å². The smallest absolute Gasteiger partial charge is 0.287 e. The normalized spacial score (nSPS) is 21.9. The SMILES string of the molecule is COCc1c(C(=O)NC2(C)CCCOC2)oc2ccccc12. The van der Waals surface area contributed by atoms with Crippen LogP contribution >= 0.6 is 0 Å². The molecule has 1 atom stereocenters. The summed E-state index contributed by atoms with van der Waals surface area (Å²) >= 11 is 0. The average molecular weight is 303 g/mol. The Labute approximate surface area is 129 Å². The quantitative estimate of drug-likeness (QED) is 0.943. The Kier molecular flexibility index (Phi) is 4.18. The van der Waals surface area contributed by atoms with E-state index in [1.54, 1.807) is 7.11 Å². The van der Waals surface area contributed by atoms with Crippen molar-refractivity contribution in [2.75, 3.05) is 20.3 Å². The van der Waals surface area contributed by atoms with E-state index in [1.165, 1.54) is 0 Å². The fourth-order valence-electron chi connectivity index (χ4n) is 2.93. The van der Waals surface area contributed by atoms with Crippen LogP contribution < -0.4 is 5.32 Å². The first-order valence-electron chi connectivity index (χ1n) is 7.52. The van der Waals surface area contributed by atoms with Crippen molar-refractivity contribution in [1.82, 2.24) is 5.32 Å². The van der Waals surface area contributed by atoms with Crippen molar-refractivity contribution < 1.29 is 18.7 Å². The maximum absolute atomic E-state index is 12.7. The van der Waals surface area contributed by atoms with Crippen molar-refractivity contribution in [1.29, 1.82) is 0 Å². The van der Waals surface area contributed by atoms with E-state index in [4.69, 9.17) is 13.9 Å². The third-order valence-corrected chi connectivity index (χ3v) is 4.05. The number of hydrogen-bond donors (Lipinski definition) is 1. The molecule has 1 aromatic carbocycles. The Bertz CT molecular complexity index is 670. The van der Waals surface area contributed by atoms with Crippen LogP contribution in [0.1, 0.15) is 35.9 Å². The Balaban J connectivity index is 1.91. The van der Waals surface area contributed by atoms with Crippen molar-refractivity contribution in [3.8, 4) is 0 Å². The fraction of sp³-hybridized carbons (Fsp3) is 0.471. The lowest BCUT2D eigenvalue weighted by molar-refractivity contribution is 0.0265. The molecule has 0 spiro atoms. The molecule has 1 aromatic heterocycles. The molecule has 1 aliphatic heterocycles. The summed E-state index contributed by atoms with van der Waals surface area (Å²) in [5, 5.41) is 3.97. The first-order valence-corrected chi connectivity index (χ1v) is 7.52. The lowest BCUT2D eigenvalue weighted by Gasteiger charge is -2.34. The molecule has 0 bridgehead atoms. The monoisotopic (exact) mass is 303 g/mol. The van der Waals surface area contributed by atoms with Crippen LogP contribution in [0, 0.1) is 0 Å². The number of carbonyl (C=O) groups excluding carboxylic acids is 1. The third-order valence-electron chi connectivity index (χ3n) is 4.05. The van der Waals surface area contributed by atoms with Crippen LogP contribution in [0.15, 0.2) is 28.7 Å². The molecule has 1 unspecified atom stereocenters. The second kappa shape index (κ2) is 6.10. The van der Waals surface area contributed by atoms with Gasteiger partial charge >= 0.3 is 0 Å². The molecule has 3 rings (SSSR count). The van der Waals surface area contributed by atoms with Crippen molar-refractivity contribution >= 4 is 16.9 Å². The largest absolute Gasteiger partial charge is 0.451 e. The molecule has 1 aliphatic rings. The predicted octanol–water partition coefficient (Wildman–Crippen LogP) is 2.88. The third kappa shape index (κ3) is 2.87. The van der Waals surface area contributed by atoms with E-state index in [9.17, 15) is 4.79 Å². The van der Waals surface area contributed by atoms with Gasteiger partial charge in [0.1, 0.15) is 5.58 Å². The predicted molar refractivity (Wildman–Crippen MR) is 82.9 cm³/mol. The highest BCUT2D eigenvalue weighted by Gasteiger charge is 2.32. The van der Waals surface area contributed by atoms with Gasteiger partial charge in [0.25, 0.3) is 5.91 Å². The number of furan rings is 1. The first-order chi connectivity index (χ1) is 10.6. The number of fused-ring (bicyclic) bond motifs is 1. The molecule has 1 saturated heterocycles. The summed E-state index contributed by atoms with van der Waals surface area (Å²) in [5.41, 5.74) is 1.14. The molecule has 118 valence electrons. The molecule has 5 nitrogen and oxygen atoms in total. The maximum Gasteiger partial charge on any atom is 0.287 e. The molecule has 22 heavy (non-hydrogen) atoms. The second-order valence-corrected chi connectivity index (χ2v) is 6.01. The molecule has 1 amide bonds. The molecule has 2 aromatic rings. The van der Waals surface area contributed by atoms with E-state index in [0.717, 1.165) is 30.4 Å². The number of benzene rings is 1. The molecular formula is C17H21NO4. The van der Waals surface area contributed by atoms with Crippen LogP contribution in [0.5, 0.6) is 0 Å². The maximum atomic E-state index is 12.7. The summed E-state index contributed by atoms with van der Waals surface area (Å²) in [7, 11) is 1.61. The number of amides is 1. The van der Waals surface area contributed by atoms with E-state index in [0.29, 0.717) is 24.6 Å². The average Bonchev–Trinajstić information content (AvgIpc) is 2.87. The van der Waals surface area contributed by atoms with Gasteiger partial charge in [-0.05, 0) is 25.8 Å². The van der Waals surface area contributed by atoms with Gasteiger partial charge in [-0.15, -0.1) is 0 Å². The minimum atomic E-state index is -0.349. The number of carbonyl (C=O) groups is 1. The highest BCUT2D eigenvalue weighted by Crippen LogP contribution is 2.27. The lowest BCUT2D eigenvalue weighted by Crippen LogP contribution is -2.51. The molecule has 1 fully saturated rings.